The molecule has 5 heteroatoms. The third kappa shape index (κ3) is 2.28. The Morgan fingerprint density at radius 2 is 2.29 bits per heavy atom. The van der Waals surface area contributed by atoms with E-state index >= 15 is 0 Å². The minimum atomic E-state index is -0.636. The van der Waals surface area contributed by atoms with Crippen LogP contribution in [0.1, 0.15) is 12.8 Å². The van der Waals surface area contributed by atoms with Crippen molar-refractivity contribution < 1.29 is 0 Å². The number of hydrogen-bond donors (Lipinski definition) is 0. The van der Waals surface area contributed by atoms with Gasteiger partial charge in [0.1, 0.15) is 16.5 Å². The van der Waals surface area contributed by atoms with Gasteiger partial charge >= 0.3 is 0 Å². The molecule has 76 valence electrons. The van der Waals surface area contributed by atoms with Crippen LogP contribution in [-0.4, -0.2) is 27.4 Å². The first-order chi connectivity index (χ1) is 6.67. The Bertz CT molecular complexity index is 302. The summed E-state index contributed by atoms with van der Waals surface area (Å²) in [7, 11) is 0. The average molecular weight is 232 g/mol. The molecular formula is C9H11Cl2N3. The van der Waals surface area contributed by atoms with Crippen molar-refractivity contribution in [3.8, 4) is 0 Å². The lowest BCUT2D eigenvalue weighted by Gasteiger charge is -2.35. The first-order valence-corrected chi connectivity index (χ1v) is 5.32. The van der Waals surface area contributed by atoms with E-state index in [1.165, 1.54) is 6.33 Å². The minimum Gasteiger partial charge on any atom is -0.354 e. The Morgan fingerprint density at radius 1 is 1.43 bits per heavy atom. The third-order valence-corrected chi connectivity index (χ3v) is 2.90. The van der Waals surface area contributed by atoms with Crippen LogP contribution in [0.15, 0.2) is 18.6 Å². The summed E-state index contributed by atoms with van der Waals surface area (Å²) in [6.07, 6.45) is 5.10. The van der Waals surface area contributed by atoms with Crippen LogP contribution in [-0.2, 0) is 0 Å². The lowest BCUT2D eigenvalue weighted by Crippen LogP contribution is -2.41. The summed E-state index contributed by atoms with van der Waals surface area (Å²) in [5.74, 6) is 0.894. The maximum absolute atomic E-state index is 6.10. The van der Waals surface area contributed by atoms with Gasteiger partial charge in [-0.2, -0.15) is 0 Å². The van der Waals surface area contributed by atoms with E-state index in [0.29, 0.717) is 6.54 Å². The van der Waals surface area contributed by atoms with Gasteiger partial charge in [0.05, 0.1) is 6.54 Å². The van der Waals surface area contributed by atoms with Crippen molar-refractivity contribution in [3.05, 3.63) is 18.6 Å². The molecule has 2 heterocycles. The minimum absolute atomic E-state index is 0.632. The summed E-state index contributed by atoms with van der Waals surface area (Å²) in [6, 6.07) is 1.87. The van der Waals surface area contributed by atoms with Crippen LogP contribution in [0.4, 0.5) is 5.82 Å². The fourth-order valence-electron chi connectivity index (χ4n) is 1.63. The summed E-state index contributed by atoms with van der Waals surface area (Å²) >= 11 is 12.2. The second-order valence-corrected chi connectivity index (χ2v) is 5.09. The van der Waals surface area contributed by atoms with Crippen LogP contribution in [0.2, 0.25) is 0 Å². The summed E-state index contributed by atoms with van der Waals surface area (Å²) in [4.78, 5) is 10.1. The van der Waals surface area contributed by atoms with Crippen LogP contribution < -0.4 is 4.90 Å². The topological polar surface area (TPSA) is 29.0 Å². The molecule has 1 fully saturated rings. The quantitative estimate of drug-likeness (QED) is 0.695. The molecule has 1 aliphatic rings. The number of alkyl halides is 2. The Hall–Kier alpha value is -0.540. The van der Waals surface area contributed by atoms with Crippen molar-refractivity contribution in [1.82, 2.24) is 9.97 Å². The number of halogens is 2. The second kappa shape index (κ2) is 3.91. The van der Waals surface area contributed by atoms with Gasteiger partial charge in [-0.15, -0.1) is 0 Å². The maximum atomic E-state index is 6.10. The van der Waals surface area contributed by atoms with Gasteiger partial charge < -0.3 is 4.90 Å². The number of anilines is 1. The zero-order valence-corrected chi connectivity index (χ0v) is 9.17. The summed E-state index contributed by atoms with van der Waals surface area (Å²) < 4.78 is -0.636. The van der Waals surface area contributed by atoms with Crippen LogP contribution >= 0.6 is 23.2 Å². The Labute approximate surface area is 93.1 Å². The molecule has 2 rings (SSSR count). The Morgan fingerprint density at radius 3 is 2.93 bits per heavy atom. The molecule has 0 bridgehead atoms. The molecule has 0 atom stereocenters. The van der Waals surface area contributed by atoms with E-state index in [4.69, 9.17) is 23.2 Å². The molecule has 1 aromatic heterocycles. The van der Waals surface area contributed by atoms with E-state index in [-0.39, 0.29) is 0 Å². The highest BCUT2D eigenvalue weighted by molar-refractivity contribution is 6.48. The van der Waals surface area contributed by atoms with Crippen molar-refractivity contribution >= 4 is 29.0 Å². The fraction of sp³-hybridized carbons (Fsp3) is 0.556. The lowest BCUT2D eigenvalue weighted by molar-refractivity contribution is 0.545. The number of hydrogen-bond acceptors (Lipinski definition) is 3. The highest BCUT2D eigenvalue weighted by Crippen LogP contribution is 2.33. The fourth-order valence-corrected chi connectivity index (χ4v) is 2.19. The molecule has 1 aliphatic heterocycles. The number of nitrogens with zero attached hydrogens (tertiary/aromatic N) is 3. The van der Waals surface area contributed by atoms with Crippen LogP contribution in [0.3, 0.4) is 0 Å². The van der Waals surface area contributed by atoms with Gasteiger partial charge in [-0.25, -0.2) is 9.97 Å². The predicted molar refractivity (Wildman–Crippen MR) is 57.9 cm³/mol. The van der Waals surface area contributed by atoms with Gasteiger partial charge in [0.25, 0.3) is 0 Å². The number of rotatable bonds is 1. The molecule has 0 spiro atoms. The second-order valence-electron chi connectivity index (χ2n) is 3.45. The van der Waals surface area contributed by atoms with Crippen molar-refractivity contribution in [2.45, 2.75) is 17.2 Å². The molecule has 0 amide bonds. The van der Waals surface area contributed by atoms with E-state index in [0.717, 1.165) is 25.2 Å². The highest BCUT2D eigenvalue weighted by Gasteiger charge is 2.31. The standard InChI is InChI=1S/C9H11Cl2N3/c10-9(11)3-1-5-14(6-9)8-2-4-12-7-13-8/h2,4,7H,1,3,5-6H2. The third-order valence-electron chi connectivity index (χ3n) is 2.28. The number of piperidine rings is 1. The molecule has 1 aromatic rings. The summed E-state index contributed by atoms with van der Waals surface area (Å²) in [5.41, 5.74) is 0. The first-order valence-electron chi connectivity index (χ1n) is 4.56. The molecule has 0 radical (unpaired) electrons. The molecular weight excluding hydrogens is 221 g/mol. The van der Waals surface area contributed by atoms with Crippen molar-refractivity contribution in [3.63, 3.8) is 0 Å². The van der Waals surface area contributed by atoms with Gasteiger partial charge in [-0.05, 0) is 18.9 Å². The summed E-state index contributed by atoms with van der Waals surface area (Å²) in [5, 5.41) is 0. The van der Waals surface area contributed by atoms with Crippen molar-refractivity contribution in [2.24, 2.45) is 0 Å². The van der Waals surface area contributed by atoms with E-state index in [2.05, 4.69) is 14.9 Å². The molecule has 3 nitrogen and oxygen atoms in total. The lowest BCUT2D eigenvalue weighted by atomic mass is 10.1. The molecule has 0 aliphatic carbocycles. The zero-order valence-electron chi connectivity index (χ0n) is 7.66. The van der Waals surface area contributed by atoms with Gasteiger partial charge in [-0.1, -0.05) is 23.2 Å². The molecule has 0 N–H and O–H groups in total. The first kappa shape index (κ1) is 9.99. The Balaban J connectivity index is 2.12. The molecule has 0 saturated carbocycles. The van der Waals surface area contributed by atoms with Gasteiger partial charge in [0.15, 0.2) is 0 Å². The van der Waals surface area contributed by atoms with Crippen LogP contribution in [0.25, 0.3) is 0 Å². The number of aromatic nitrogens is 2. The molecule has 1 saturated heterocycles. The molecule has 0 aromatic carbocycles. The predicted octanol–water partition coefficient (Wildman–Crippen LogP) is 2.25. The monoisotopic (exact) mass is 231 g/mol. The van der Waals surface area contributed by atoms with Crippen molar-refractivity contribution in [1.29, 1.82) is 0 Å². The van der Waals surface area contributed by atoms with Crippen LogP contribution in [0, 0.1) is 0 Å². The molecule has 14 heavy (non-hydrogen) atoms. The summed E-state index contributed by atoms with van der Waals surface area (Å²) in [6.45, 7) is 1.59. The van der Waals surface area contributed by atoms with E-state index < -0.39 is 4.33 Å². The zero-order chi connectivity index (χ0) is 10.0. The van der Waals surface area contributed by atoms with E-state index in [1.807, 2.05) is 6.07 Å². The smallest absolute Gasteiger partial charge is 0.135 e. The van der Waals surface area contributed by atoms with E-state index in [1.54, 1.807) is 6.20 Å². The molecule has 0 unspecified atom stereocenters. The van der Waals surface area contributed by atoms with Gasteiger partial charge in [0, 0.05) is 12.7 Å². The maximum Gasteiger partial charge on any atom is 0.135 e. The highest BCUT2D eigenvalue weighted by atomic mass is 35.5. The van der Waals surface area contributed by atoms with Gasteiger partial charge in [-0.3, -0.25) is 0 Å². The van der Waals surface area contributed by atoms with Crippen LogP contribution in [0.5, 0.6) is 0 Å². The SMILES string of the molecule is ClC1(Cl)CCCN(c2ccncn2)C1. The Kier molecular flexibility index (Phi) is 2.79. The van der Waals surface area contributed by atoms with E-state index in [9.17, 15) is 0 Å². The van der Waals surface area contributed by atoms with Gasteiger partial charge in [0.2, 0.25) is 0 Å². The van der Waals surface area contributed by atoms with Crippen molar-refractivity contribution in [2.75, 3.05) is 18.0 Å². The largest absolute Gasteiger partial charge is 0.354 e. The average Bonchev–Trinajstić information content (AvgIpc) is 2.18. The normalized spacial score (nSPS) is 20.9.